The highest BCUT2D eigenvalue weighted by Crippen LogP contribution is 2.52. The predicted octanol–water partition coefficient (Wildman–Crippen LogP) is 3.42. The molecule has 0 amide bonds. The van der Waals surface area contributed by atoms with Crippen molar-refractivity contribution in [1.82, 2.24) is 20.4 Å². The quantitative estimate of drug-likeness (QED) is 0.356. The van der Waals surface area contributed by atoms with Crippen molar-refractivity contribution < 1.29 is 4.74 Å². The molecule has 7 heteroatoms. The Morgan fingerprint density at radius 3 is 2.79 bits per heavy atom. The molecule has 1 aliphatic carbocycles. The first-order valence-electron chi connectivity index (χ1n) is 10.3. The van der Waals surface area contributed by atoms with Crippen molar-refractivity contribution in [2.45, 2.75) is 52.4 Å². The molecule has 2 N–H and O–H groups in total. The zero-order valence-electron chi connectivity index (χ0n) is 17.5. The molecule has 2 fully saturated rings. The van der Waals surface area contributed by atoms with Gasteiger partial charge in [0.25, 0.3) is 0 Å². The summed E-state index contributed by atoms with van der Waals surface area (Å²) >= 11 is 0. The van der Waals surface area contributed by atoms with E-state index in [2.05, 4.69) is 60.8 Å². The summed E-state index contributed by atoms with van der Waals surface area (Å²) in [5, 5.41) is 11.4. The summed E-state index contributed by atoms with van der Waals surface area (Å²) in [4.78, 5) is 4.90. The molecule has 1 aromatic carbocycles. The van der Waals surface area contributed by atoms with Gasteiger partial charge in [0.05, 0.1) is 19.2 Å². The topological polar surface area (TPSA) is 63.5 Å². The van der Waals surface area contributed by atoms with Crippen molar-refractivity contribution in [3.8, 4) is 0 Å². The van der Waals surface area contributed by atoms with E-state index in [9.17, 15) is 0 Å². The highest BCUT2D eigenvalue weighted by molar-refractivity contribution is 14.0. The zero-order chi connectivity index (χ0) is 19.6. The van der Waals surface area contributed by atoms with Gasteiger partial charge in [-0.3, -0.25) is 4.68 Å². The fourth-order valence-corrected chi connectivity index (χ4v) is 4.68. The Hall–Kier alpha value is -1.61. The molecular formula is C22H32IN5O. The van der Waals surface area contributed by atoms with Crippen LogP contribution in [0, 0.1) is 11.3 Å². The van der Waals surface area contributed by atoms with Crippen LogP contribution in [0.2, 0.25) is 0 Å². The number of aromatic nitrogens is 2. The van der Waals surface area contributed by atoms with Gasteiger partial charge in [-0.05, 0) is 30.5 Å². The minimum atomic E-state index is 0. The van der Waals surface area contributed by atoms with Gasteiger partial charge >= 0.3 is 0 Å². The highest BCUT2D eigenvalue weighted by atomic mass is 127. The average molecular weight is 509 g/mol. The highest BCUT2D eigenvalue weighted by Gasteiger charge is 2.59. The molecule has 2 heterocycles. The van der Waals surface area contributed by atoms with Gasteiger partial charge < -0.3 is 15.4 Å². The van der Waals surface area contributed by atoms with Crippen molar-refractivity contribution in [3.63, 3.8) is 0 Å². The molecule has 1 aliphatic heterocycles. The maximum Gasteiger partial charge on any atom is 0.191 e. The number of hydrogen-bond donors (Lipinski definition) is 2. The molecule has 3 unspecified atom stereocenters. The summed E-state index contributed by atoms with van der Waals surface area (Å²) in [6.07, 6.45) is 5.32. The number of hydrogen-bond acceptors (Lipinski definition) is 3. The van der Waals surface area contributed by atoms with Crippen LogP contribution < -0.4 is 10.6 Å². The van der Waals surface area contributed by atoms with Crippen molar-refractivity contribution in [3.05, 3.63) is 53.9 Å². The summed E-state index contributed by atoms with van der Waals surface area (Å²) in [6, 6.07) is 10.8. The van der Waals surface area contributed by atoms with Crippen molar-refractivity contribution in [2.75, 3.05) is 13.2 Å². The summed E-state index contributed by atoms with van der Waals surface area (Å²) in [5.41, 5.74) is 2.61. The second-order valence-corrected chi connectivity index (χ2v) is 8.35. The van der Waals surface area contributed by atoms with Gasteiger partial charge in [0, 0.05) is 42.9 Å². The largest absolute Gasteiger partial charge is 0.377 e. The SMILES string of the molecule is CCNC(=NCc1ccccc1Cn1cccn1)NC1C2CCOC2C1(C)C.I. The normalized spacial score (nSPS) is 24.9. The number of ether oxygens (including phenoxy) is 1. The maximum absolute atomic E-state index is 5.93. The van der Waals surface area contributed by atoms with E-state index < -0.39 is 0 Å². The van der Waals surface area contributed by atoms with Crippen molar-refractivity contribution in [2.24, 2.45) is 16.3 Å². The minimum absolute atomic E-state index is 0. The Morgan fingerprint density at radius 1 is 1.28 bits per heavy atom. The molecule has 6 nitrogen and oxygen atoms in total. The van der Waals surface area contributed by atoms with E-state index >= 15 is 0 Å². The van der Waals surface area contributed by atoms with E-state index in [1.54, 1.807) is 0 Å². The first-order chi connectivity index (χ1) is 13.6. The Bertz CT molecular complexity index is 820. The number of nitrogens with zero attached hydrogens (tertiary/aromatic N) is 3. The first-order valence-corrected chi connectivity index (χ1v) is 10.3. The smallest absolute Gasteiger partial charge is 0.191 e. The standard InChI is InChI=1S/C22H31N5O.HI/c1-4-23-21(26-19-18-10-13-28-20(18)22(19,2)3)24-14-16-8-5-6-9-17(16)15-27-12-7-11-25-27;/h5-9,11-12,18-20H,4,10,13-15H2,1-3H3,(H2,23,24,26);1H. The Morgan fingerprint density at radius 2 is 2.07 bits per heavy atom. The van der Waals surface area contributed by atoms with Gasteiger partial charge in [-0.25, -0.2) is 4.99 Å². The van der Waals surface area contributed by atoms with Crippen LogP contribution in [0.5, 0.6) is 0 Å². The van der Waals surface area contributed by atoms with Crippen LogP contribution in [0.3, 0.4) is 0 Å². The summed E-state index contributed by atoms with van der Waals surface area (Å²) in [5.74, 6) is 1.48. The van der Waals surface area contributed by atoms with Crippen LogP contribution in [0.15, 0.2) is 47.7 Å². The van der Waals surface area contributed by atoms with Gasteiger partial charge in [-0.2, -0.15) is 5.10 Å². The van der Waals surface area contributed by atoms with Crippen LogP contribution in [0.25, 0.3) is 0 Å². The monoisotopic (exact) mass is 509 g/mol. The fraction of sp³-hybridized carbons (Fsp3) is 0.545. The molecule has 3 atom stereocenters. The number of halogens is 1. The van der Waals surface area contributed by atoms with Gasteiger partial charge in [0.15, 0.2) is 5.96 Å². The molecule has 2 aliphatic rings. The Kier molecular flexibility index (Phi) is 7.21. The molecule has 0 bridgehead atoms. The van der Waals surface area contributed by atoms with Gasteiger partial charge in [-0.1, -0.05) is 38.1 Å². The molecule has 1 aromatic heterocycles. The molecule has 158 valence electrons. The van der Waals surface area contributed by atoms with Crippen LogP contribution >= 0.6 is 24.0 Å². The van der Waals surface area contributed by atoms with Crippen molar-refractivity contribution in [1.29, 1.82) is 0 Å². The third kappa shape index (κ3) is 4.60. The van der Waals surface area contributed by atoms with Gasteiger partial charge in [-0.15, -0.1) is 24.0 Å². The lowest BCUT2D eigenvalue weighted by atomic mass is 9.57. The molecule has 29 heavy (non-hydrogen) atoms. The Balaban J connectivity index is 0.00000240. The summed E-state index contributed by atoms with van der Waals surface area (Å²) in [7, 11) is 0. The summed E-state index contributed by atoms with van der Waals surface area (Å²) in [6.45, 7) is 9.82. The lowest BCUT2D eigenvalue weighted by Crippen LogP contribution is -2.67. The van der Waals surface area contributed by atoms with E-state index in [4.69, 9.17) is 9.73 Å². The lowest BCUT2D eigenvalue weighted by molar-refractivity contribution is -0.106. The third-order valence-corrected chi connectivity index (χ3v) is 6.15. The lowest BCUT2D eigenvalue weighted by Gasteiger charge is -2.54. The molecular weight excluding hydrogens is 477 g/mol. The first kappa shape index (κ1) is 22.1. The molecule has 2 aromatic rings. The van der Waals surface area contributed by atoms with E-state index in [1.807, 2.05) is 23.1 Å². The number of rotatable bonds is 6. The average Bonchev–Trinajstić information content (AvgIpc) is 3.36. The van der Waals surface area contributed by atoms with Crippen LogP contribution in [-0.4, -0.2) is 41.0 Å². The van der Waals surface area contributed by atoms with Crippen molar-refractivity contribution >= 4 is 29.9 Å². The third-order valence-electron chi connectivity index (χ3n) is 6.15. The molecule has 0 radical (unpaired) electrons. The second kappa shape index (κ2) is 9.47. The summed E-state index contributed by atoms with van der Waals surface area (Å²) < 4.78 is 7.87. The van der Waals surface area contributed by atoms with E-state index in [0.29, 0.717) is 24.6 Å². The maximum atomic E-state index is 5.93. The number of aliphatic imine (C=N–C) groups is 1. The van der Waals surface area contributed by atoms with Crippen LogP contribution in [0.4, 0.5) is 0 Å². The molecule has 1 saturated heterocycles. The van der Waals surface area contributed by atoms with Crippen LogP contribution in [-0.2, 0) is 17.8 Å². The molecule has 0 spiro atoms. The second-order valence-electron chi connectivity index (χ2n) is 8.35. The van der Waals surface area contributed by atoms with Crippen LogP contribution in [0.1, 0.15) is 38.3 Å². The van der Waals surface area contributed by atoms with E-state index in [0.717, 1.165) is 32.1 Å². The fourth-order valence-electron chi connectivity index (χ4n) is 4.68. The van der Waals surface area contributed by atoms with E-state index in [1.165, 1.54) is 11.1 Å². The number of guanidine groups is 1. The van der Waals surface area contributed by atoms with E-state index in [-0.39, 0.29) is 29.4 Å². The molecule has 4 rings (SSSR count). The number of nitrogens with one attached hydrogen (secondary N) is 2. The molecule has 1 saturated carbocycles. The van der Waals surface area contributed by atoms with Gasteiger partial charge in [0.1, 0.15) is 0 Å². The number of fused-ring (bicyclic) bond motifs is 1. The van der Waals surface area contributed by atoms with Gasteiger partial charge in [0.2, 0.25) is 0 Å². The predicted molar refractivity (Wildman–Crippen MR) is 127 cm³/mol. The zero-order valence-corrected chi connectivity index (χ0v) is 19.8. The number of benzene rings is 1. The minimum Gasteiger partial charge on any atom is -0.377 e. The Labute approximate surface area is 190 Å².